The van der Waals surface area contributed by atoms with E-state index < -0.39 is 0 Å². The summed E-state index contributed by atoms with van der Waals surface area (Å²) < 4.78 is 1.11. The summed E-state index contributed by atoms with van der Waals surface area (Å²) in [7, 11) is 0. The van der Waals surface area contributed by atoms with Crippen molar-refractivity contribution in [1.29, 1.82) is 0 Å². The molecule has 146 valence electrons. The van der Waals surface area contributed by atoms with E-state index in [0.29, 0.717) is 0 Å². The quantitative estimate of drug-likeness (QED) is 0.226. The highest BCUT2D eigenvalue weighted by molar-refractivity contribution is 9.10. The average molecular weight is 459 g/mol. The van der Waals surface area contributed by atoms with Gasteiger partial charge in [-0.2, -0.15) is 0 Å². The second-order valence-electron chi connectivity index (χ2n) is 8.01. The first-order chi connectivity index (χ1) is 15.2. The molecule has 0 unspecified atom stereocenters. The van der Waals surface area contributed by atoms with Crippen LogP contribution < -0.4 is 0 Å². The average Bonchev–Trinajstić information content (AvgIpc) is 2.83. The molecular weight excluding hydrogens is 440 g/mol. The molecule has 0 N–H and O–H groups in total. The summed E-state index contributed by atoms with van der Waals surface area (Å²) in [4.78, 5) is 0. The van der Waals surface area contributed by atoms with Crippen LogP contribution in [0.15, 0.2) is 120 Å². The fourth-order valence-corrected chi connectivity index (χ4v) is 4.82. The Kier molecular flexibility index (Phi) is 4.36. The zero-order valence-corrected chi connectivity index (χ0v) is 18.4. The van der Waals surface area contributed by atoms with Gasteiger partial charge in [0.15, 0.2) is 0 Å². The van der Waals surface area contributed by atoms with E-state index in [4.69, 9.17) is 0 Å². The van der Waals surface area contributed by atoms with Gasteiger partial charge in [-0.15, -0.1) is 0 Å². The summed E-state index contributed by atoms with van der Waals surface area (Å²) in [6.45, 7) is 0. The van der Waals surface area contributed by atoms with Crippen LogP contribution in [0.2, 0.25) is 0 Å². The number of hydrogen-bond acceptors (Lipinski definition) is 0. The van der Waals surface area contributed by atoms with Crippen molar-refractivity contribution in [3.63, 3.8) is 0 Å². The standard InChI is InChI=1S/C30H19Br/c31-28-14-16-30-27(19-28)12-11-26-18-25(13-15-29(26)30)22-7-5-21(6-8-22)24-10-9-20-3-1-2-4-23(20)17-24/h1-19H. The van der Waals surface area contributed by atoms with Gasteiger partial charge >= 0.3 is 0 Å². The van der Waals surface area contributed by atoms with Crippen LogP contribution in [-0.4, -0.2) is 0 Å². The zero-order valence-electron chi connectivity index (χ0n) is 16.8. The summed E-state index contributed by atoms with van der Waals surface area (Å²) in [6, 6.07) is 41.8. The molecule has 0 aliphatic rings. The molecule has 0 radical (unpaired) electrons. The van der Waals surface area contributed by atoms with E-state index in [1.54, 1.807) is 0 Å². The Morgan fingerprint density at radius 1 is 0.355 bits per heavy atom. The van der Waals surface area contributed by atoms with E-state index in [2.05, 4.69) is 131 Å². The summed E-state index contributed by atoms with van der Waals surface area (Å²) in [5, 5.41) is 7.66. The van der Waals surface area contributed by atoms with Gasteiger partial charge in [-0.1, -0.05) is 107 Å². The third kappa shape index (κ3) is 3.32. The number of fused-ring (bicyclic) bond motifs is 4. The van der Waals surface area contributed by atoms with Crippen molar-refractivity contribution < 1.29 is 0 Å². The van der Waals surface area contributed by atoms with E-state index in [9.17, 15) is 0 Å². The van der Waals surface area contributed by atoms with Crippen LogP contribution in [-0.2, 0) is 0 Å². The molecule has 0 atom stereocenters. The predicted molar refractivity (Wildman–Crippen MR) is 138 cm³/mol. The Bertz CT molecular complexity index is 1580. The Morgan fingerprint density at radius 2 is 0.839 bits per heavy atom. The van der Waals surface area contributed by atoms with Gasteiger partial charge in [0.1, 0.15) is 0 Å². The third-order valence-electron chi connectivity index (χ3n) is 6.10. The molecule has 0 aliphatic carbocycles. The maximum atomic E-state index is 3.57. The number of hydrogen-bond donors (Lipinski definition) is 0. The normalized spacial score (nSPS) is 11.4. The second-order valence-corrected chi connectivity index (χ2v) is 8.92. The summed E-state index contributed by atoms with van der Waals surface area (Å²) in [6.07, 6.45) is 0. The summed E-state index contributed by atoms with van der Waals surface area (Å²) in [5.41, 5.74) is 4.98. The van der Waals surface area contributed by atoms with E-state index in [-0.39, 0.29) is 0 Å². The molecule has 0 heterocycles. The van der Waals surface area contributed by atoms with Gasteiger partial charge in [-0.25, -0.2) is 0 Å². The molecule has 0 aliphatic heterocycles. The van der Waals surface area contributed by atoms with Gasteiger partial charge in [-0.05, 0) is 78.8 Å². The molecule has 6 aromatic rings. The largest absolute Gasteiger partial charge is 0.0616 e. The summed E-state index contributed by atoms with van der Waals surface area (Å²) in [5.74, 6) is 0. The molecule has 0 aromatic heterocycles. The van der Waals surface area contributed by atoms with Crippen LogP contribution in [0.5, 0.6) is 0 Å². The molecule has 0 bridgehead atoms. The van der Waals surface area contributed by atoms with Gasteiger partial charge in [0.05, 0.1) is 0 Å². The molecule has 0 saturated carbocycles. The minimum absolute atomic E-state index is 1.11. The van der Waals surface area contributed by atoms with Crippen LogP contribution in [0.25, 0.3) is 54.6 Å². The Labute approximate surface area is 189 Å². The molecule has 31 heavy (non-hydrogen) atoms. The molecule has 6 aromatic carbocycles. The SMILES string of the molecule is Brc1ccc2c(ccc3cc(-c4ccc(-c5ccc6ccccc6c5)cc4)ccc32)c1. The maximum absolute atomic E-state index is 3.57. The van der Waals surface area contributed by atoms with Crippen LogP contribution in [0, 0.1) is 0 Å². The van der Waals surface area contributed by atoms with Gasteiger partial charge in [-0.3, -0.25) is 0 Å². The fraction of sp³-hybridized carbons (Fsp3) is 0. The van der Waals surface area contributed by atoms with Crippen LogP contribution in [0.3, 0.4) is 0 Å². The molecule has 0 amide bonds. The van der Waals surface area contributed by atoms with Crippen LogP contribution in [0.1, 0.15) is 0 Å². The predicted octanol–water partition coefficient (Wildman–Crippen LogP) is 9.24. The van der Waals surface area contributed by atoms with E-state index in [1.165, 1.54) is 54.6 Å². The van der Waals surface area contributed by atoms with Crippen LogP contribution >= 0.6 is 15.9 Å². The first-order valence-electron chi connectivity index (χ1n) is 10.5. The Hall–Kier alpha value is -3.42. The van der Waals surface area contributed by atoms with Gasteiger partial charge in [0.25, 0.3) is 0 Å². The molecule has 0 fully saturated rings. The summed E-state index contributed by atoms with van der Waals surface area (Å²) >= 11 is 3.57. The minimum atomic E-state index is 1.11. The van der Waals surface area contributed by atoms with Crippen molar-refractivity contribution in [3.05, 3.63) is 120 Å². The highest BCUT2D eigenvalue weighted by Crippen LogP contribution is 2.32. The Balaban J connectivity index is 1.38. The van der Waals surface area contributed by atoms with E-state index in [1.807, 2.05) is 0 Å². The van der Waals surface area contributed by atoms with Gasteiger partial charge in [0, 0.05) is 4.47 Å². The first-order valence-corrected chi connectivity index (χ1v) is 11.3. The maximum Gasteiger partial charge on any atom is 0.0181 e. The van der Waals surface area contributed by atoms with Crippen LogP contribution in [0.4, 0.5) is 0 Å². The minimum Gasteiger partial charge on any atom is -0.0616 e. The lowest BCUT2D eigenvalue weighted by Gasteiger charge is -2.09. The monoisotopic (exact) mass is 458 g/mol. The molecule has 0 nitrogen and oxygen atoms in total. The molecule has 0 saturated heterocycles. The smallest absolute Gasteiger partial charge is 0.0181 e. The molecule has 1 heteroatoms. The number of halogens is 1. The third-order valence-corrected chi connectivity index (χ3v) is 6.59. The first kappa shape index (κ1) is 18.4. The van der Waals surface area contributed by atoms with Crippen molar-refractivity contribution in [2.24, 2.45) is 0 Å². The zero-order chi connectivity index (χ0) is 20.8. The second kappa shape index (κ2) is 7.37. The fourth-order valence-electron chi connectivity index (χ4n) is 4.45. The lowest BCUT2D eigenvalue weighted by Crippen LogP contribution is -1.83. The highest BCUT2D eigenvalue weighted by atomic mass is 79.9. The molecular formula is C30H19Br. The lowest BCUT2D eigenvalue weighted by molar-refractivity contribution is 1.62. The topological polar surface area (TPSA) is 0 Å². The van der Waals surface area contributed by atoms with Crippen molar-refractivity contribution in [1.82, 2.24) is 0 Å². The van der Waals surface area contributed by atoms with E-state index in [0.717, 1.165) is 4.47 Å². The van der Waals surface area contributed by atoms with Crippen molar-refractivity contribution in [3.8, 4) is 22.3 Å². The lowest BCUT2D eigenvalue weighted by atomic mass is 9.95. The van der Waals surface area contributed by atoms with Crippen molar-refractivity contribution in [2.75, 3.05) is 0 Å². The Morgan fingerprint density at radius 3 is 1.55 bits per heavy atom. The molecule has 6 rings (SSSR count). The molecule has 0 spiro atoms. The number of benzene rings is 6. The van der Waals surface area contributed by atoms with Crippen molar-refractivity contribution >= 4 is 48.2 Å². The van der Waals surface area contributed by atoms with Crippen molar-refractivity contribution in [2.45, 2.75) is 0 Å². The highest BCUT2D eigenvalue weighted by Gasteiger charge is 2.05. The van der Waals surface area contributed by atoms with Gasteiger partial charge < -0.3 is 0 Å². The van der Waals surface area contributed by atoms with Gasteiger partial charge in [0.2, 0.25) is 0 Å². The van der Waals surface area contributed by atoms with E-state index >= 15 is 0 Å². The number of rotatable bonds is 2.